The zero-order valence-electron chi connectivity index (χ0n) is 13.1. The van der Waals surface area contributed by atoms with Crippen LogP contribution in [0.4, 0.5) is 10.3 Å². The predicted molar refractivity (Wildman–Crippen MR) is 90.2 cm³/mol. The molecular weight excluding hydrogens is 307 g/mol. The second-order valence-electron chi connectivity index (χ2n) is 5.63. The molecule has 4 rings (SSSR count). The summed E-state index contributed by atoms with van der Waals surface area (Å²) in [6.45, 7) is 2.98. The fourth-order valence-electron chi connectivity index (χ4n) is 2.83. The van der Waals surface area contributed by atoms with E-state index in [0.717, 1.165) is 41.6 Å². The van der Waals surface area contributed by atoms with Crippen LogP contribution in [0.15, 0.2) is 48.8 Å². The van der Waals surface area contributed by atoms with Gasteiger partial charge in [-0.25, -0.2) is 9.37 Å². The van der Waals surface area contributed by atoms with Gasteiger partial charge in [-0.05, 0) is 36.4 Å². The van der Waals surface area contributed by atoms with E-state index in [1.165, 1.54) is 12.1 Å². The number of imidazole rings is 1. The monoisotopic (exact) mass is 324 g/mol. The number of rotatable bonds is 3. The lowest BCUT2D eigenvalue weighted by Crippen LogP contribution is -2.36. The van der Waals surface area contributed by atoms with Gasteiger partial charge >= 0.3 is 0 Å². The molecule has 1 N–H and O–H groups in total. The molecule has 3 heterocycles. The Hall–Kier alpha value is -2.73. The van der Waals surface area contributed by atoms with Crippen LogP contribution in [-0.2, 0) is 4.74 Å². The average molecular weight is 324 g/mol. The molecule has 0 unspecified atom stereocenters. The first kappa shape index (κ1) is 14.8. The number of morpholine rings is 1. The fourth-order valence-corrected chi connectivity index (χ4v) is 2.83. The van der Waals surface area contributed by atoms with Crippen LogP contribution in [0, 0.1) is 5.82 Å². The number of benzene rings is 1. The van der Waals surface area contributed by atoms with Crippen molar-refractivity contribution in [3.63, 3.8) is 0 Å². The highest BCUT2D eigenvalue weighted by molar-refractivity contribution is 5.79. The van der Waals surface area contributed by atoms with Crippen molar-refractivity contribution < 1.29 is 9.13 Å². The van der Waals surface area contributed by atoms with E-state index in [-0.39, 0.29) is 5.82 Å². The van der Waals surface area contributed by atoms with Crippen molar-refractivity contribution in [1.29, 1.82) is 0 Å². The number of ether oxygens (including phenoxy) is 1. The summed E-state index contributed by atoms with van der Waals surface area (Å²) in [4.78, 5) is 14.4. The third-order valence-electron chi connectivity index (χ3n) is 4.09. The van der Waals surface area contributed by atoms with Crippen molar-refractivity contribution in [2.75, 3.05) is 31.2 Å². The molecule has 24 heavy (non-hydrogen) atoms. The summed E-state index contributed by atoms with van der Waals surface area (Å²) < 4.78 is 18.7. The third kappa shape index (κ3) is 2.88. The normalized spacial score (nSPS) is 14.8. The highest BCUT2D eigenvalue weighted by atomic mass is 19.1. The summed E-state index contributed by atoms with van der Waals surface area (Å²) in [6, 6.07) is 10.3. The molecule has 0 aliphatic carbocycles. The third-order valence-corrected chi connectivity index (χ3v) is 4.09. The second-order valence-corrected chi connectivity index (χ2v) is 5.63. The lowest BCUT2D eigenvalue weighted by Gasteiger charge is -2.26. The Labute approximate surface area is 139 Å². The molecular formula is C18H17FN4O. The maximum Gasteiger partial charge on any atom is 0.204 e. The SMILES string of the molecule is Fc1ccc(-c2nc(N3CCOCC3)[nH]c2-c2ccncc2)cc1. The van der Waals surface area contributed by atoms with Crippen LogP contribution in [0.1, 0.15) is 0 Å². The number of pyridine rings is 1. The Bertz CT molecular complexity index is 811. The van der Waals surface area contributed by atoms with E-state index in [9.17, 15) is 4.39 Å². The van der Waals surface area contributed by atoms with Crippen molar-refractivity contribution in [1.82, 2.24) is 15.0 Å². The molecule has 122 valence electrons. The van der Waals surface area contributed by atoms with Gasteiger partial charge in [0.25, 0.3) is 0 Å². The molecule has 0 atom stereocenters. The number of aromatic amines is 1. The van der Waals surface area contributed by atoms with E-state index < -0.39 is 0 Å². The summed E-state index contributed by atoms with van der Waals surface area (Å²) in [5.74, 6) is 0.553. The molecule has 5 nitrogen and oxygen atoms in total. The van der Waals surface area contributed by atoms with E-state index in [0.29, 0.717) is 13.2 Å². The number of hydrogen-bond donors (Lipinski definition) is 1. The molecule has 0 spiro atoms. The summed E-state index contributed by atoms with van der Waals surface area (Å²) in [7, 11) is 0. The molecule has 6 heteroatoms. The largest absolute Gasteiger partial charge is 0.378 e. The Kier molecular flexibility index (Phi) is 3.96. The average Bonchev–Trinajstić information content (AvgIpc) is 3.09. The lowest BCUT2D eigenvalue weighted by atomic mass is 10.1. The molecule has 0 saturated carbocycles. The molecule has 1 aliphatic heterocycles. The van der Waals surface area contributed by atoms with Crippen molar-refractivity contribution >= 4 is 5.95 Å². The van der Waals surface area contributed by atoms with Crippen LogP contribution in [0.2, 0.25) is 0 Å². The number of nitrogens with one attached hydrogen (secondary N) is 1. The molecule has 1 saturated heterocycles. The number of H-pyrrole nitrogens is 1. The summed E-state index contributed by atoms with van der Waals surface area (Å²) in [6.07, 6.45) is 3.50. The van der Waals surface area contributed by atoms with E-state index in [1.54, 1.807) is 24.5 Å². The minimum absolute atomic E-state index is 0.256. The van der Waals surface area contributed by atoms with Crippen LogP contribution < -0.4 is 4.90 Å². The van der Waals surface area contributed by atoms with Gasteiger partial charge in [0, 0.05) is 36.6 Å². The Morgan fingerprint density at radius 2 is 1.67 bits per heavy atom. The number of nitrogens with zero attached hydrogens (tertiary/aromatic N) is 3. The van der Waals surface area contributed by atoms with Gasteiger partial charge in [-0.1, -0.05) is 0 Å². The first-order chi connectivity index (χ1) is 11.8. The molecule has 1 fully saturated rings. The zero-order chi connectivity index (χ0) is 16.4. The fraction of sp³-hybridized carbons (Fsp3) is 0.222. The van der Waals surface area contributed by atoms with Crippen LogP contribution in [0.5, 0.6) is 0 Å². The topological polar surface area (TPSA) is 54.0 Å². The molecule has 1 aromatic carbocycles. The van der Waals surface area contributed by atoms with Gasteiger partial charge in [-0.2, -0.15) is 0 Å². The maximum absolute atomic E-state index is 13.3. The standard InChI is InChI=1S/C18H17FN4O/c19-15-3-1-13(2-4-15)16-17(14-5-7-20-8-6-14)22-18(21-16)23-9-11-24-12-10-23/h1-8H,9-12H2,(H,21,22). The van der Waals surface area contributed by atoms with Crippen LogP contribution >= 0.6 is 0 Å². The van der Waals surface area contributed by atoms with Gasteiger partial charge in [-0.3, -0.25) is 4.98 Å². The second kappa shape index (κ2) is 6.41. The molecule has 1 aliphatic rings. The van der Waals surface area contributed by atoms with Crippen molar-refractivity contribution in [2.24, 2.45) is 0 Å². The van der Waals surface area contributed by atoms with Crippen LogP contribution in [-0.4, -0.2) is 41.3 Å². The maximum atomic E-state index is 13.3. The van der Waals surface area contributed by atoms with Gasteiger partial charge in [0.2, 0.25) is 5.95 Å². The molecule has 3 aromatic rings. The minimum Gasteiger partial charge on any atom is -0.378 e. The van der Waals surface area contributed by atoms with Gasteiger partial charge in [-0.15, -0.1) is 0 Å². The number of hydrogen-bond acceptors (Lipinski definition) is 4. The molecule has 0 radical (unpaired) electrons. The highest BCUT2D eigenvalue weighted by Gasteiger charge is 2.19. The summed E-state index contributed by atoms with van der Waals surface area (Å²) in [5, 5.41) is 0. The van der Waals surface area contributed by atoms with E-state index in [1.807, 2.05) is 12.1 Å². The highest BCUT2D eigenvalue weighted by Crippen LogP contribution is 2.32. The first-order valence-electron chi connectivity index (χ1n) is 7.90. The lowest BCUT2D eigenvalue weighted by molar-refractivity contribution is 0.122. The van der Waals surface area contributed by atoms with Crippen molar-refractivity contribution in [3.8, 4) is 22.5 Å². The van der Waals surface area contributed by atoms with E-state index >= 15 is 0 Å². The van der Waals surface area contributed by atoms with Gasteiger partial charge < -0.3 is 14.6 Å². The summed E-state index contributed by atoms with van der Waals surface area (Å²) >= 11 is 0. The number of halogens is 1. The zero-order valence-corrected chi connectivity index (χ0v) is 13.1. The van der Waals surface area contributed by atoms with Gasteiger partial charge in [0.1, 0.15) is 5.82 Å². The predicted octanol–water partition coefficient (Wildman–Crippen LogP) is 3.11. The molecule has 2 aromatic heterocycles. The van der Waals surface area contributed by atoms with Crippen LogP contribution in [0.3, 0.4) is 0 Å². The molecule has 0 bridgehead atoms. The smallest absolute Gasteiger partial charge is 0.204 e. The quantitative estimate of drug-likeness (QED) is 0.804. The first-order valence-corrected chi connectivity index (χ1v) is 7.90. The van der Waals surface area contributed by atoms with Crippen LogP contribution in [0.25, 0.3) is 22.5 Å². The minimum atomic E-state index is -0.256. The van der Waals surface area contributed by atoms with Crippen molar-refractivity contribution in [2.45, 2.75) is 0 Å². The van der Waals surface area contributed by atoms with Gasteiger partial charge in [0.05, 0.1) is 24.6 Å². The Morgan fingerprint density at radius 1 is 0.958 bits per heavy atom. The van der Waals surface area contributed by atoms with E-state index in [2.05, 4.69) is 14.9 Å². The Morgan fingerprint density at radius 3 is 2.38 bits per heavy atom. The number of anilines is 1. The van der Waals surface area contributed by atoms with E-state index in [4.69, 9.17) is 9.72 Å². The van der Waals surface area contributed by atoms with Gasteiger partial charge in [0.15, 0.2) is 0 Å². The summed E-state index contributed by atoms with van der Waals surface area (Å²) in [5.41, 5.74) is 3.59. The Balaban J connectivity index is 1.80. The van der Waals surface area contributed by atoms with Crippen molar-refractivity contribution in [3.05, 3.63) is 54.6 Å². The molecule has 0 amide bonds. The number of aromatic nitrogens is 3.